The van der Waals surface area contributed by atoms with Crippen LogP contribution < -0.4 is 5.32 Å². The lowest BCUT2D eigenvalue weighted by atomic mass is 10.0. The summed E-state index contributed by atoms with van der Waals surface area (Å²) in [5.74, 6) is -0.417. The fourth-order valence-corrected chi connectivity index (χ4v) is 2.55. The third-order valence-corrected chi connectivity index (χ3v) is 3.91. The van der Waals surface area contributed by atoms with Crippen molar-refractivity contribution in [2.24, 2.45) is 0 Å². The van der Waals surface area contributed by atoms with Crippen LogP contribution in [0.4, 0.5) is 0 Å². The van der Waals surface area contributed by atoms with E-state index in [1.165, 1.54) is 11.1 Å². The zero-order chi connectivity index (χ0) is 15.1. The molecule has 1 amide bonds. The molecule has 0 spiro atoms. The highest BCUT2D eigenvalue weighted by Crippen LogP contribution is 2.21. The Kier molecular flexibility index (Phi) is 5.76. The molecule has 0 unspecified atom stereocenters. The van der Waals surface area contributed by atoms with Gasteiger partial charge in [-0.3, -0.25) is 4.79 Å². The third kappa shape index (κ3) is 5.14. The topological polar surface area (TPSA) is 47.6 Å². The number of carbonyl (C=O) groups excluding carboxylic acids is 1. The summed E-state index contributed by atoms with van der Waals surface area (Å²) in [5.41, 5.74) is 2.62. The molecule has 4 nitrogen and oxygen atoms in total. The van der Waals surface area contributed by atoms with E-state index >= 15 is 0 Å². The van der Waals surface area contributed by atoms with Crippen LogP contribution in [-0.4, -0.2) is 31.5 Å². The maximum atomic E-state index is 11.8. The second-order valence-corrected chi connectivity index (χ2v) is 5.71. The number of amides is 1. The Balaban J connectivity index is 1.60. The Morgan fingerprint density at radius 2 is 2.00 bits per heavy atom. The molecule has 0 saturated carbocycles. The molecule has 21 heavy (non-hydrogen) atoms. The highest BCUT2D eigenvalue weighted by molar-refractivity contribution is 5.75. The lowest BCUT2D eigenvalue weighted by Gasteiger charge is -2.22. The first-order chi connectivity index (χ1) is 10.1. The number of nitrogens with one attached hydrogen (secondary N) is 1. The molecule has 1 fully saturated rings. The van der Waals surface area contributed by atoms with Gasteiger partial charge >= 0.3 is 0 Å². The van der Waals surface area contributed by atoms with Crippen molar-refractivity contribution in [1.82, 2.24) is 5.32 Å². The van der Waals surface area contributed by atoms with Crippen LogP contribution in [0.1, 0.15) is 37.3 Å². The Labute approximate surface area is 126 Å². The summed E-state index contributed by atoms with van der Waals surface area (Å²) in [5, 5.41) is 2.94. The number of benzene rings is 1. The van der Waals surface area contributed by atoms with E-state index in [1.807, 2.05) is 19.1 Å². The van der Waals surface area contributed by atoms with Crippen LogP contribution in [0.5, 0.6) is 0 Å². The van der Waals surface area contributed by atoms with Crippen LogP contribution in [0.15, 0.2) is 24.3 Å². The second-order valence-electron chi connectivity index (χ2n) is 5.71. The van der Waals surface area contributed by atoms with E-state index in [0.29, 0.717) is 32.6 Å². The number of hydrogen-bond acceptors (Lipinski definition) is 3. The highest BCUT2D eigenvalue weighted by Gasteiger charge is 2.30. The summed E-state index contributed by atoms with van der Waals surface area (Å²) < 4.78 is 11.0. The lowest BCUT2D eigenvalue weighted by Crippen LogP contribution is -2.33. The van der Waals surface area contributed by atoms with Gasteiger partial charge in [-0.15, -0.1) is 0 Å². The molecule has 1 aliphatic rings. The lowest BCUT2D eigenvalue weighted by molar-refractivity contribution is -0.146. The minimum Gasteiger partial charge on any atom is -0.356 e. The van der Waals surface area contributed by atoms with Crippen LogP contribution in [-0.2, 0) is 20.7 Å². The van der Waals surface area contributed by atoms with E-state index in [2.05, 4.69) is 24.4 Å². The van der Waals surface area contributed by atoms with Crippen LogP contribution in [0.3, 0.4) is 0 Å². The number of ether oxygens (including phenoxy) is 2. The second kappa shape index (κ2) is 7.57. The van der Waals surface area contributed by atoms with Crippen molar-refractivity contribution in [2.45, 2.75) is 45.3 Å². The molecular formula is C17H25NO3. The van der Waals surface area contributed by atoms with Crippen LogP contribution in [0.2, 0.25) is 0 Å². The predicted octanol–water partition coefficient (Wildman–Crippen LogP) is 2.59. The Bertz CT molecular complexity index is 467. The van der Waals surface area contributed by atoms with Gasteiger partial charge in [0, 0.05) is 19.4 Å². The normalized spacial score (nSPS) is 16.9. The average Bonchev–Trinajstić information content (AvgIpc) is 2.88. The molecule has 1 aromatic carbocycles. The number of carbonyl (C=O) groups is 1. The van der Waals surface area contributed by atoms with Crippen molar-refractivity contribution in [1.29, 1.82) is 0 Å². The molecule has 2 rings (SSSR count). The maximum Gasteiger partial charge on any atom is 0.220 e. The molecule has 0 aliphatic carbocycles. The fourth-order valence-electron chi connectivity index (χ4n) is 2.55. The van der Waals surface area contributed by atoms with Gasteiger partial charge in [0.15, 0.2) is 5.79 Å². The van der Waals surface area contributed by atoms with Gasteiger partial charge in [-0.05, 0) is 37.8 Å². The molecule has 1 N–H and O–H groups in total. The van der Waals surface area contributed by atoms with Gasteiger partial charge in [-0.25, -0.2) is 0 Å². The van der Waals surface area contributed by atoms with Crippen molar-refractivity contribution in [3.8, 4) is 0 Å². The highest BCUT2D eigenvalue weighted by atomic mass is 16.7. The van der Waals surface area contributed by atoms with Gasteiger partial charge in [0.05, 0.1) is 13.2 Å². The molecule has 0 aromatic heterocycles. The standard InChI is InChI=1S/C17H25NO3/c1-14-6-3-4-7-15(14)8-5-9-16(19)18-11-10-17(2)20-12-13-21-17/h3-4,6-7H,5,8-13H2,1-2H3,(H,18,19). The largest absolute Gasteiger partial charge is 0.356 e. The van der Waals surface area contributed by atoms with E-state index in [9.17, 15) is 4.79 Å². The summed E-state index contributed by atoms with van der Waals surface area (Å²) in [6, 6.07) is 8.32. The summed E-state index contributed by atoms with van der Waals surface area (Å²) >= 11 is 0. The Morgan fingerprint density at radius 1 is 1.29 bits per heavy atom. The minimum absolute atomic E-state index is 0.102. The van der Waals surface area contributed by atoms with Gasteiger partial charge in [-0.1, -0.05) is 24.3 Å². The van der Waals surface area contributed by atoms with Crippen molar-refractivity contribution >= 4 is 5.91 Å². The van der Waals surface area contributed by atoms with Crippen molar-refractivity contribution in [3.63, 3.8) is 0 Å². The molecule has 0 bridgehead atoms. The van der Waals surface area contributed by atoms with Crippen molar-refractivity contribution < 1.29 is 14.3 Å². The Hall–Kier alpha value is -1.39. The average molecular weight is 291 g/mol. The van der Waals surface area contributed by atoms with Gasteiger partial charge in [0.25, 0.3) is 0 Å². The molecule has 1 saturated heterocycles. The van der Waals surface area contributed by atoms with Crippen LogP contribution in [0, 0.1) is 6.92 Å². The van der Waals surface area contributed by atoms with Crippen molar-refractivity contribution in [3.05, 3.63) is 35.4 Å². The summed E-state index contributed by atoms with van der Waals surface area (Å²) in [4.78, 5) is 11.8. The zero-order valence-electron chi connectivity index (χ0n) is 13.0. The molecule has 1 aliphatic heterocycles. The van der Waals surface area contributed by atoms with E-state index in [4.69, 9.17) is 9.47 Å². The van der Waals surface area contributed by atoms with E-state index in [-0.39, 0.29) is 5.91 Å². The molecule has 1 heterocycles. The predicted molar refractivity (Wildman–Crippen MR) is 82.1 cm³/mol. The van der Waals surface area contributed by atoms with Crippen LogP contribution in [0.25, 0.3) is 0 Å². The fraction of sp³-hybridized carbons (Fsp3) is 0.588. The zero-order valence-corrected chi connectivity index (χ0v) is 13.0. The maximum absolute atomic E-state index is 11.8. The van der Waals surface area contributed by atoms with Gasteiger partial charge < -0.3 is 14.8 Å². The summed E-state index contributed by atoms with van der Waals surface area (Å²) in [6.45, 7) is 5.91. The van der Waals surface area contributed by atoms with Gasteiger partial charge in [0.1, 0.15) is 0 Å². The molecular weight excluding hydrogens is 266 g/mol. The first kappa shape index (κ1) is 16.0. The summed E-state index contributed by atoms with van der Waals surface area (Å²) in [6.07, 6.45) is 3.08. The quantitative estimate of drug-likeness (QED) is 0.840. The third-order valence-electron chi connectivity index (χ3n) is 3.91. The first-order valence-electron chi connectivity index (χ1n) is 7.68. The Morgan fingerprint density at radius 3 is 2.71 bits per heavy atom. The van der Waals surface area contributed by atoms with Gasteiger partial charge in [-0.2, -0.15) is 0 Å². The molecule has 0 radical (unpaired) electrons. The SMILES string of the molecule is Cc1ccccc1CCCC(=O)NCCC1(C)OCCO1. The molecule has 4 heteroatoms. The molecule has 116 valence electrons. The van der Waals surface area contributed by atoms with E-state index < -0.39 is 5.79 Å². The number of aryl methyl sites for hydroxylation is 2. The minimum atomic E-state index is -0.519. The van der Waals surface area contributed by atoms with Crippen LogP contribution >= 0.6 is 0 Å². The van der Waals surface area contributed by atoms with E-state index in [1.54, 1.807) is 0 Å². The summed E-state index contributed by atoms with van der Waals surface area (Å²) in [7, 11) is 0. The van der Waals surface area contributed by atoms with Gasteiger partial charge in [0.2, 0.25) is 5.91 Å². The number of rotatable bonds is 7. The number of hydrogen-bond donors (Lipinski definition) is 1. The first-order valence-corrected chi connectivity index (χ1v) is 7.68. The molecule has 0 atom stereocenters. The smallest absolute Gasteiger partial charge is 0.220 e. The monoisotopic (exact) mass is 291 g/mol. The van der Waals surface area contributed by atoms with E-state index in [0.717, 1.165) is 12.8 Å². The van der Waals surface area contributed by atoms with Crippen molar-refractivity contribution in [2.75, 3.05) is 19.8 Å². The molecule has 1 aromatic rings.